The van der Waals surface area contributed by atoms with Crippen LogP contribution in [-0.2, 0) is 0 Å². The predicted octanol–water partition coefficient (Wildman–Crippen LogP) is 9.97. The van der Waals surface area contributed by atoms with Crippen LogP contribution in [0.15, 0.2) is 108 Å². The van der Waals surface area contributed by atoms with Crippen molar-refractivity contribution >= 4 is 65.2 Å². The summed E-state index contributed by atoms with van der Waals surface area (Å²) in [5, 5.41) is 3.38. The van der Waals surface area contributed by atoms with Crippen molar-refractivity contribution in [2.45, 2.75) is 20.3 Å². The van der Waals surface area contributed by atoms with Gasteiger partial charge in [0.1, 0.15) is 0 Å². The quantitative estimate of drug-likeness (QED) is 0.150. The van der Waals surface area contributed by atoms with Gasteiger partial charge in [-0.1, -0.05) is 86.5 Å². The molecule has 0 heterocycles. The van der Waals surface area contributed by atoms with Crippen molar-refractivity contribution in [2.75, 3.05) is 10.2 Å². The Kier molecular flexibility index (Phi) is 7.52. The van der Waals surface area contributed by atoms with Crippen LogP contribution in [0.3, 0.4) is 0 Å². The van der Waals surface area contributed by atoms with E-state index in [1.807, 2.05) is 6.08 Å². The van der Waals surface area contributed by atoms with Crippen LogP contribution >= 0.6 is 31.9 Å². The Labute approximate surface area is 213 Å². The van der Waals surface area contributed by atoms with E-state index >= 15 is 0 Å². The van der Waals surface area contributed by atoms with Crippen molar-refractivity contribution in [3.05, 3.63) is 119 Å². The second kappa shape index (κ2) is 10.5. The summed E-state index contributed by atoms with van der Waals surface area (Å²) >= 11 is 7.13. The molecule has 0 bridgehead atoms. The molecule has 1 aliphatic carbocycles. The zero-order valence-electron chi connectivity index (χ0n) is 19.0. The van der Waals surface area contributed by atoms with Crippen LogP contribution in [0.4, 0.5) is 11.4 Å². The standard InChI is InChI=1S/C30H27Br2N/c1-4-6-10-23(11-8-20-31)33(24-16-14-22(32)15-17-24)29-19-18-27-25(9-5-2)21(3)26-12-7-13-28(29)30(26)27/h4-5,7-19H,1,6,20H2,2-3H3. The first-order chi connectivity index (χ1) is 16.1. The van der Waals surface area contributed by atoms with E-state index in [2.05, 4.69) is 142 Å². The van der Waals surface area contributed by atoms with E-state index in [4.69, 9.17) is 0 Å². The number of alkyl halides is 1. The summed E-state index contributed by atoms with van der Waals surface area (Å²) in [5.41, 5.74) is 8.68. The molecule has 33 heavy (non-hydrogen) atoms. The molecule has 166 valence electrons. The van der Waals surface area contributed by atoms with Gasteiger partial charge >= 0.3 is 0 Å². The Morgan fingerprint density at radius 3 is 2.52 bits per heavy atom. The number of anilines is 2. The fourth-order valence-electron chi connectivity index (χ4n) is 4.47. The van der Waals surface area contributed by atoms with E-state index in [1.54, 1.807) is 0 Å². The maximum atomic E-state index is 3.93. The maximum Gasteiger partial charge on any atom is 0.0540 e. The maximum absolute atomic E-state index is 3.93. The molecular weight excluding hydrogens is 534 g/mol. The zero-order valence-corrected chi connectivity index (χ0v) is 22.2. The van der Waals surface area contributed by atoms with Gasteiger partial charge in [-0.05, 0) is 84.3 Å². The summed E-state index contributed by atoms with van der Waals surface area (Å²) in [4.78, 5) is 2.35. The number of allylic oxidation sites excluding steroid dienone is 8. The molecule has 0 spiro atoms. The topological polar surface area (TPSA) is 3.24 Å². The van der Waals surface area contributed by atoms with E-state index in [1.165, 1.54) is 38.7 Å². The Hall–Kier alpha value is -2.62. The number of hydrogen-bond acceptors (Lipinski definition) is 1. The molecule has 0 aromatic heterocycles. The fourth-order valence-corrected chi connectivity index (χ4v) is 4.92. The molecule has 0 saturated carbocycles. The highest BCUT2D eigenvalue weighted by Gasteiger charge is 2.24. The normalized spacial score (nSPS) is 13.6. The summed E-state index contributed by atoms with van der Waals surface area (Å²) in [7, 11) is 0. The van der Waals surface area contributed by atoms with Gasteiger partial charge in [-0.3, -0.25) is 0 Å². The molecule has 0 N–H and O–H groups in total. The molecule has 0 fully saturated rings. The molecule has 3 aromatic rings. The Bertz CT molecular complexity index is 1310. The molecule has 0 atom stereocenters. The van der Waals surface area contributed by atoms with Gasteiger partial charge in [-0.25, -0.2) is 0 Å². The SMILES string of the molecule is C=CCC=C(C=CCBr)N(c1ccc(Br)cc1)c1ccc2c3c(cccc13)C(C)=C2C=CC. The van der Waals surface area contributed by atoms with Gasteiger partial charge in [0.05, 0.1) is 5.69 Å². The first-order valence-electron chi connectivity index (χ1n) is 11.1. The molecule has 1 aliphatic rings. The van der Waals surface area contributed by atoms with Crippen LogP contribution in [0.5, 0.6) is 0 Å². The van der Waals surface area contributed by atoms with Gasteiger partial charge in [0.25, 0.3) is 0 Å². The molecule has 0 aliphatic heterocycles. The van der Waals surface area contributed by atoms with E-state index < -0.39 is 0 Å². The van der Waals surface area contributed by atoms with Crippen molar-refractivity contribution in [1.82, 2.24) is 0 Å². The monoisotopic (exact) mass is 559 g/mol. The molecular formula is C30H27Br2N. The van der Waals surface area contributed by atoms with Crippen LogP contribution in [0.1, 0.15) is 31.4 Å². The molecule has 3 aromatic carbocycles. The molecule has 1 nitrogen and oxygen atoms in total. The van der Waals surface area contributed by atoms with Gasteiger partial charge in [-0.15, -0.1) is 6.58 Å². The van der Waals surface area contributed by atoms with Crippen molar-refractivity contribution in [2.24, 2.45) is 0 Å². The third-order valence-electron chi connectivity index (χ3n) is 5.90. The van der Waals surface area contributed by atoms with E-state index in [0.29, 0.717) is 0 Å². The average Bonchev–Trinajstić information content (AvgIpc) is 3.10. The predicted molar refractivity (Wildman–Crippen MR) is 153 cm³/mol. The lowest BCUT2D eigenvalue weighted by atomic mass is 9.99. The van der Waals surface area contributed by atoms with Crippen LogP contribution in [0.2, 0.25) is 0 Å². The lowest BCUT2D eigenvalue weighted by molar-refractivity contribution is 1.18. The van der Waals surface area contributed by atoms with Gasteiger partial charge in [0.15, 0.2) is 0 Å². The van der Waals surface area contributed by atoms with Crippen LogP contribution < -0.4 is 4.90 Å². The average molecular weight is 561 g/mol. The fraction of sp³-hybridized carbons (Fsp3) is 0.133. The summed E-state index contributed by atoms with van der Waals surface area (Å²) in [5.74, 6) is 0. The number of rotatable bonds is 8. The van der Waals surface area contributed by atoms with Gasteiger partial charge in [0.2, 0.25) is 0 Å². The first kappa shape index (κ1) is 23.5. The zero-order chi connectivity index (χ0) is 23.4. The van der Waals surface area contributed by atoms with Crippen molar-refractivity contribution < 1.29 is 0 Å². The highest BCUT2D eigenvalue weighted by atomic mass is 79.9. The highest BCUT2D eigenvalue weighted by Crippen LogP contribution is 2.47. The molecule has 0 unspecified atom stereocenters. The molecule has 0 saturated heterocycles. The molecule has 3 heteroatoms. The molecule has 0 radical (unpaired) electrons. The van der Waals surface area contributed by atoms with Crippen LogP contribution in [0, 0.1) is 0 Å². The van der Waals surface area contributed by atoms with Crippen molar-refractivity contribution in [3.8, 4) is 0 Å². The number of hydrogen-bond donors (Lipinski definition) is 0. The molecule has 0 amide bonds. The minimum Gasteiger partial charge on any atom is -0.310 e. The van der Waals surface area contributed by atoms with E-state index in [9.17, 15) is 0 Å². The highest BCUT2D eigenvalue weighted by molar-refractivity contribution is 9.10. The summed E-state index contributed by atoms with van der Waals surface area (Å²) < 4.78 is 1.06. The number of nitrogens with zero attached hydrogens (tertiary/aromatic N) is 1. The van der Waals surface area contributed by atoms with E-state index in [-0.39, 0.29) is 0 Å². The third kappa shape index (κ3) is 4.58. The summed E-state index contributed by atoms with van der Waals surface area (Å²) in [6, 6.07) is 19.7. The largest absolute Gasteiger partial charge is 0.310 e. The minimum absolute atomic E-state index is 0.794. The van der Waals surface area contributed by atoms with Gasteiger partial charge in [0, 0.05) is 26.6 Å². The van der Waals surface area contributed by atoms with Crippen molar-refractivity contribution in [3.63, 3.8) is 0 Å². The lowest BCUT2D eigenvalue weighted by Gasteiger charge is -2.28. The minimum atomic E-state index is 0.794. The number of halogens is 2. The summed E-state index contributed by atoms with van der Waals surface area (Å²) in [6.07, 6.45) is 13.6. The van der Waals surface area contributed by atoms with Crippen molar-refractivity contribution in [1.29, 1.82) is 0 Å². The van der Waals surface area contributed by atoms with E-state index in [0.717, 1.165) is 27.6 Å². The third-order valence-corrected chi connectivity index (χ3v) is 6.81. The Morgan fingerprint density at radius 1 is 1.03 bits per heavy atom. The smallest absolute Gasteiger partial charge is 0.0540 e. The Balaban J connectivity index is 2.00. The molecule has 4 rings (SSSR count). The Morgan fingerprint density at radius 2 is 1.82 bits per heavy atom. The van der Waals surface area contributed by atoms with Crippen LogP contribution in [0.25, 0.3) is 21.9 Å². The summed E-state index contributed by atoms with van der Waals surface area (Å²) in [6.45, 7) is 8.24. The lowest BCUT2D eigenvalue weighted by Crippen LogP contribution is -2.16. The van der Waals surface area contributed by atoms with Gasteiger partial charge < -0.3 is 4.90 Å². The second-order valence-electron chi connectivity index (χ2n) is 7.92. The van der Waals surface area contributed by atoms with Crippen LogP contribution in [-0.4, -0.2) is 5.33 Å². The second-order valence-corrected chi connectivity index (χ2v) is 9.48. The first-order valence-corrected chi connectivity index (χ1v) is 13.0. The van der Waals surface area contributed by atoms with Gasteiger partial charge in [-0.2, -0.15) is 0 Å². The number of benzene rings is 3.